The van der Waals surface area contributed by atoms with E-state index in [4.69, 9.17) is 0 Å². The van der Waals surface area contributed by atoms with Crippen molar-refractivity contribution in [3.63, 3.8) is 0 Å². The number of carbonyl (C=O) groups is 2. The van der Waals surface area contributed by atoms with Crippen LogP contribution in [0.3, 0.4) is 0 Å². The number of allylic oxidation sites excluding steroid dienone is 2. The van der Waals surface area contributed by atoms with E-state index in [1.54, 1.807) is 24.8 Å². The molecule has 2 unspecified atom stereocenters. The molecule has 0 amide bonds. The van der Waals surface area contributed by atoms with Crippen LogP contribution in [0, 0.1) is 5.92 Å². The van der Waals surface area contributed by atoms with Crippen LogP contribution < -0.4 is 0 Å². The third kappa shape index (κ3) is 9.52. The molecular weight excluding hydrogens is 196 g/mol. The summed E-state index contributed by atoms with van der Waals surface area (Å²) in [5, 5.41) is 0.465. The molecular formula is C11H20O2S. The summed E-state index contributed by atoms with van der Waals surface area (Å²) in [6, 6.07) is 0. The van der Waals surface area contributed by atoms with E-state index >= 15 is 0 Å². The second-order valence-electron chi connectivity index (χ2n) is 3.09. The Labute approximate surface area is 91.2 Å². The molecule has 0 spiro atoms. The Morgan fingerprint density at radius 2 is 1.79 bits per heavy atom. The molecule has 0 bridgehead atoms. The Kier molecular flexibility index (Phi) is 11.9. The minimum atomic E-state index is 0.199. The molecule has 0 N–H and O–H groups in total. The summed E-state index contributed by atoms with van der Waals surface area (Å²) in [6.45, 7) is 7.61. The Balaban J connectivity index is 0. The van der Waals surface area contributed by atoms with Crippen molar-refractivity contribution in [1.82, 2.24) is 0 Å². The van der Waals surface area contributed by atoms with Crippen molar-refractivity contribution >= 4 is 24.3 Å². The van der Waals surface area contributed by atoms with Crippen molar-refractivity contribution in [3.05, 3.63) is 11.6 Å². The van der Waals surface area contributed by atoms with Gasteiger partial charge in [-0.1, -0.05) is 19.9 Å². The highest BCUT2D eigenvalue weighted by Crippen LogP contribution is 2.13. The highest BCUT2D eigenvalue weighted by molar-refractivity contribution is 7.99. The average Bonchev–Trinajstić information content (AvgIpc) is 2.26. The van der Waals surface area contributed by atoms with Crippen LogP contribution >= 0.6 is 11.8 Å². The zero-order valence-corrected chi connectivity index (χ0v) is 10.4. The van der Waals surface area contributed by atoms with Gasteiger partial charge in [-0.05, 0) is 25.7 Å². The maximum Gasteiger partial charge on any atom is 0.145 e. The third-order valence-corrected chi connectivity index (χ3v) is 3.14. The lowest BCUT2D eigenvalue weighted by Gasteiger charge is -2.08. The molecule has 0 aromatic carbocycles. The summed E-state index contributed by atoms with van der Waals surface area (Å²) in [6.07, 6.45) is 5.62. The van der Waals surface area contributed by atoms with Gasteiger partial charge in [0.25, 0.3) is 0 Å². The number of rotatable bonds is 4. The van der Waals surface area contributed by atoms with Gasteiger partial charge in [0.05, 0.1) is 0 Å². The first-order chi connectivity index (χ1) is 6.53. The predicted octanol–water partition coefficient (Wildman–Crippen LogP) is 2.72. The van der Waals surface area contributed by atoms with Gasteiger partial charge in [0.1, 0.15) is 12.6 Å². The lowest BCUT2D eigenvalue weighted by Crippen LogP contribution is -2.09. The molecule has 0 aliphatic heterocycles. The second kappa shape index (κ2) is 10.5. The SMILES string of the molecule is C/C=C(\C)C=O.CSC(C)C(C)C=O. The van der Waals surface area contributed by atoms with Crippen LogP contribution in [0.1, 0.15) is 27.7 Å². The van der Waals surface area contributed by atoms with E-state index in [-0.39, 0.29) is 5.92 Å². The van der Waals surface area contributed by atoms with Crippen LogP contribution in [0.4, 0.5) is 0 Å². The monoisotopic (exact) mass is 216 g/mol. The van der Waals surface area contributed by atoms with Crippen LogP contribution in [-0.4, -0.2) is 24.1 Å². The van der Waals surface area contributed by atoms with Gasteiger partial charge < -0.3 is 4.79 Å². The quantitative estimate of drug-likeness (QED) is 0.535. The summed E-state index contributed by atoms with van der Waals surface area (Å²) in [5.41, 5.74) is 0.787. The summed E-state index contributed by atoms with van der Waals surface area (Å²) in [4.78, 5) is 19.8. The number of carbonyl (C=O) groups excluding carboxylic acids is 2. The fourth-order valence-corrected chi connectivity index (χ4v) is 0.887. The van der Waals surface area contributed by atoms with Crippen LogP contribution in [0.2, 0.25) is 0 Å². The van der Waals surface area contributed by atoms with E-state index in [0.29, 0.717) is 5.25 Å². The molecule has 0 heterocycles. The molecule has 0 rings (SSSR count). The smallest absolute Gasteiger partial charge is 0.145 e. The summed E-state index contributed by atoms with van der Waals surface area (Å²) < 4.78 is 0. The minimum Gasteiger partial charge on any atom is -0.303 e. The first-order valence-corrected chi connectivity index (χ1v) is 5.88. The number of aldehydes is 2. The van der Waals surface area contributed by atoms with Gasteiger partial charge in [-0.25, -0.2) is 0 Å². The van der Waals surface area contributed by atoms with E-state index in [1.807, 2.05) is 20.1 Å². The van der Waals surface area contributed by atoms with Crippen LogP contribution in [-0.2, 0) is 9.59 Å². The molecule has 14 heavy (non-hydrogen) atoms. The molecule has 0 aromatic rings. The summed E-state index contributed by atoms with van der Waals surface area (Å²) in [5.74, 6) is 0.199. The van der Waals surface area contributed by atoms with E-state index in [0.717, 1.165) is 18.1 Å². The molecule has 82 valence electrons. The minimum absolute atomic E-state index is 0.199. The van der Waals surface area contributed by atoms with Gasteiger partial charge in [-0.15, -0.1) is 0 Å². The van der Waals surface area contributed by atoms with Crippen molar-refractivity contribution in [1.29, 1.82) is 0 Å². The summed E-state index contributed by atoms with van der Waals surface area (Å²) >= 11 is 1.73. The molecule has 0 aliphatic carbocycles. The van der Waals surface area contributed by atoms with Gasteiger partial charge in [0, 0.05) is 11.2 Å². The topological polar surface area (TPSA) is 34.1 Å². The van der Waals surface area contributed by atoms with Crippen LogP contribution in [0.25, 0.3) is 0 Å². The van der Waals surface area contributed by atoms with Gasteiger partial charge in [-0.2, -0.15) is 11.8 Å². The molecule has 0 fully saturated rings. The van der Waals surface area contributed by atoms with Crippen molar-refractivity contribution in [2.75, 3.05) is 6.26 Å². The van der Waals surface area contributed by atoms with E-state index in [9.17, 15) is 9.59 Å². The summed E-state index contributed by atoms with van der Waals surface area (Å²) in [7, 11) is 0. The predicted molar refractivity (Wildman–Crippen MR) is 63.7 cm³/mol. The Hall–Kier alpha value is -0.570. The molecule has 0 saturated heterocycles. The van der Waals surface area contributed by atoms with Crippen molar-refractivity contribution in [2.24, 2.45) is 5.92 Å². The maximum absolute atomic E-state index is 10.1. The Morgan fingerprint density at radius 1 is 1.29 bits per heavy atom. The third-order valence-electron chi connectivity index (χ3n) is 1.97. The molecule has 3 heteroatoms. The normalized spacial score (nSPS) is 14.8. The molecule has 2 atom stereocenters. The van der Waals surface area contributed by atoms with E-state index in [1.165, 1.54) is 0 Å². The first kappa shape index (κ1) is 15.9. The van der Waals surface area contributed by atoms with Crippen LogP contribution in [0.15, 0.2) is 11.6 Å². The molecule has 0 saturated carbocycles. The van der Waals surface area contributed by atoms with E-state index < -0.39 is 0 Å². The Bertz CT molecular complexity index is 188. The average molecular weight is 216 g/mol. The highest BCUT2D eigenvalue weighted by Gasteiger charge is 2.07. The standard InChI is InChI=1S/C6H12OS.C5H8O/c1-5(4-7)6(2)8-3;1-3-5(2)4-6/h4-6H,1-3H3;3-4H,1-2H3/b;5-3+. The molecule has 2 nitrogen and oxygen atoms in total. The van der Waals surface area contributed by atoms with Crippen LogP contribution in [0.5, 0.6) is 0 Å². The lowest BCUT2D eigenvalue weighted by atomic mass is 10.1. The van der Waals surface area contributed by atoms with Gasteiger partial charge in [0.15, 0.2) is 0 Å². The van der Waals surface area contributed by atoms with Crippen molar-refractivity contribution < 1.29 is 9.59 Å². The van der Waals surface area contributed by atoms with Gasteiger partial charge >= 0.3 is 0 Å². The largest absolute Gasteiger partial charge is 0.303 e. The zero-order valence-electron chi connectivity index (χ0n) is 9.61. The molecule has 0 radical (unpaired) electrons. The fourth-order valence-electron chi connectivity index (χ4n) is 0.393. The lowest BCUT2D eigenvalue weighted by molar-refractivity contribution is -0.110. The molecule has 0 aliphatic rings. The maximum atomic E-state index is 10.1. The van der Waals surface area contributed by atoms with Gasteiger partial charge in [0.2, 0.25) is 0 Å². The second-order valence-corrected chi connectivity index (χ2v) is 4.30. The van der Waals surface area contributed by atoms with Gasteiger partial charge in [-0.3, -0.25) is 4.79 Å². The number of hydrogen-bond acceptors (Lipinski definition) is 3. The zero-order chi connectivity index (χ0) is 11.6. The van der Waals surface area contributed by atoms with E-state index in [2.05, 4.69) is 6.92 Å². The number of thioether (sulfide) groups is 1. The van der Waals surface area contributed by atoms with Crippen molar-refractivity contribution in [2.45, 2.75) is 32.9 Å². The Morgan fingerprint density at radius 3 is 1.86 bits per heavy atom. The highest BCUT2D eigenvalue weighted by atomic mass is 32.2. The fraction of sp³-hybridized carbons (Fsp3) is 0.636. The molecule has 0 aromatic heterocycles. The first-order valence-electron chi connectivity index (χ1n) is 4.59. The van der Waals surface area contributed by atoms with Crippen molar-refractivity contribution in [3.8, 4) is 0 Å². The number of hydrogen-bond donors (Lipinski definition) is 0.